The summed E-state index contributed by atoms with van der Waals surface area (Å²) in [6, 6.07) is 2.99. The normalized spacial score (nSPS) is 10.0. The molecule has 0 atom stereocenters. The summed E-state index contributed by atoms with van der Waals surface area (Å²) in [4.78, 5) is 15.5. The molecule has 0 radical (unpaired) electrons. The molecule has 7 heteroatoms. The van der Waals surface area contributed by atoms with Crippen LogP contribution < -0.4 is 5.32 Å². The molecule has 2 N–H and O–H groups in total. The Balaban J connectivity index is 1.98. The van der Waals surface area contributed by atoms with Gasteiger partial charge in [0.05, 0.1) is 12.1 Å². The minimum absolute atomic E-state index is 0.0664. The Morgan fingerprint density at radius 2 is 2.31 bits per heavy atom. The molecule has 2 aromatic heterocycles. The number of thiazole rings is 1. The largest absolute Gasteiger partial charge is 0.476 e. The molecule has 82 valence electrons. The smallest absolute Gasteiger partial charge is 0.356 e. The summed E-state index contributed by atoms with van der Waals surface area (Å²) in [5.74, 6) is -0.542. The first-order chi connectivity index (χ1) is 7.75. The fourth-order valence-corrected chi connectivity index (χ4v) is 1.58. The van der Waals surface area contributed by atoms with Gasteiger partial charge in [-0.2, -0.15) is 0 Å². The molecular weight excluding hydrogens is 228 g/mol. The molecule has 0 aromatic carbocycles. The predicted octanol–water partition coefficient (Wildman–Crippen LogP) is 1.24. The molecule has 0 aliphatic heterocycles. The minimum Gasteiger partial charge on any atom is -0.476 e. The van der Waals surface area contributed by atoms with E-state index in [1.54, 1.807) is 17.8 Å². The number of carboxylic acids is 1. The molecule has 0 saturated carbocycles. The number of carboxylic acid groups (broad SMARTS) is 1. The number of anilines is 1. The molecule has 0 fully saturated rings. The number of hydrogen-bond acceptors (Lipinski definition) is 6. The van der Waals surface area contributed by atoms with Crippen molar-refractivity contribution in [3.8, 4) is 0 Å². The van der Waals surface area contributed by atoms with Gasteiger partial charge in [-0.15, -0.1) is 21.5 Å². The molecule has 2 aromatic rings. The quantitative estimate of drug-likeness (QED) is 0.830. The molecular formula is C9H8N4O2S. The van der Waals surface area contributed by atoms with Crippen LogP contribution in [-0.2, 0) is 6.54 Å². The van der Waals surface area contributed by atoms with Crippen molar-refractivity contribution < 1.29 is 9.90 Å². The van der Waals surface area contributed by atoms with E-state index in [-0.39, 0.29) is 5.69 Å². The van der Waals surface area contributed by atoms with E-state index in [2.05, 4.69) is 20.5 Å². The number of nitrogens with one attached hydrogen (secondary N) is 1. The van der Waals surface area contributed by atoms with Crippen molar-refractivity contribution in [1.29, 1.82) is 0 Å². The van der Waals surface area contributed by atoms with E-state index in [4.69, 9.17) is 5.11 Å². The second-order valence-corrected chi connectivity index (χ2v) is 3.90. The third kappa shape index (κ3) is 2.51. The summed E-state index contributed by atoms with van der Waals surface area (Å²) >= 11 is 1.53. The topological polar surface area (TPSA) is 88.0 Å². The van der Waals surface area contributed by atoms with Crippen LogP contribution in [0.25, 0.3) is 0 Å². The molecule has 0 aliphatic carbocycles. The van der Waals surface area contributed by atoms with Crippen molar-refractivity contribution in [2.75, 3.05) is 5.32 Å². The maximum Gasteiger partial charge on any atom is 0.356 e. The van der Waals surface area contributed by atoms with Gasteiger partial charge in [0.2, 0.25) is 0 Å². The predicted molar refractivity (Wildman–Crippen MR) is 58.4 cm³/mol. The van der Waals surface area contributed by atoms with Gasteiger partial charge in [0.1, 0.15) is 5.82 Å². The summed E-state index contributed by atoms with van der Waals surface area (Å²) in [5, 5.41) is 18.9. The van der Waals surface area contributed by atoms with Crippen LogP contribution in [0.2, 0.25) is 0 Å². The van der Waals surface area contributed by atoms with Crippen molar-refractivity contribution in [1.82, 2.24) is 15.2 Å². The first-order valence-corrected chi connectivity index (χ1v) is 5.32. The molecule has 0 bridgehead atoms. The lowest BCUT2D eigenvalue weighted by Gasteiger charge is -2.02. The molecule has 2 heterocycles. The summed E-state index contributed by atoms with van der Waals surface area (Å²) < 4.78 is 0. The summed E-state index contributed by atoms with van der Waals surface area (Å²) in [5.41, 5.74) is 1.68. The van der Waals surface area contributed by atoms with Crippen molar-refractivity contribution in [3.63, 3.8) is 0 Å². The monoisotopic (exact) mass is 236 g/mol. The van der Waals surface area contributed by atoms with Crippen molar-refractivity contribution in [3.05, 3.63) is 34.4 Å². The van der Waals surface area contributed by atoms with Gasteiger partial charge in [-0.25, -0.2) is 4.79 Å². The highest BCUT2D eigenvalue weighted by molar-refractivity contribution is 7.09. The molecule has 0 amide bonds. The third-order valence-corrected chi connectivity index (χ3v) is 2.59. The van der Waals surface area contributed by atoms with Crippen molar-refractivity contribution in [2.24, 2.45) is 0 Å². The lowest BCUT2D eigenvalue weighted by Crippen LogP contribution is -2.05. The van der Waals surface area contributed by atoms with E-state index < -0.39 is 5.97 Å². The van der Waals surface area contributed by atoms with E-state index in [0.717, 1.165) is 4.88 Å². The lowest BCUT2D eigenvalue weighted by molar-refractivity contribution is 0.0689. The van der Waals surface area contributed by atoms with Crippen LogP contribution in [-0.4, -0.2) is 26.3 Å². The van der Waals surface area contributed by atoms with Crippen LogP contribution >= 0.6 is 11.3 Å². The minimum atomic E-state index is -1.08. The van der Waals surface area contributed by atoms with Crippen LogP contribution in [0.4, 0.5) is 5.82 Å². The van der Waals surface area contributed by atoms with Crippen molar-refractivity contribution >= 4 is 23.1 Å². The van der Waals surface area contributed by atoms with E-state index in [0.29, 0.717) is 12.4 Å². The number of carbonyl (C=O) groups is 1. The van der Waals surface area contributed by atoms with Gasteiger partial charge in [-0.1, -0.05) is 0 Å². The van der Waals surface area contributed by atoms with Crippen LogP contribution in [0.5, 0.6) is 0 Å². The maximum absolute atomic E-state index is 10.5. The zero-order chi connectivity index (χ0) is 11.4. The fourth-order valence-electron chi connectivity index (χ4n) is 1.05. The van der Waals surface area contributed by atoms with Gasteiger partial charge in [0.25, 0.3) is 0 Å². The van der Waals surface area contributed by atoms with Gasteiger partial charge in [-0.05, 0) is 12.1 Å². The second-order valence-electron chi connectivity index (χ2n) is 2.93. The Morgan fingerprint density at radius 1 is 1.44 bits per heavy atom. The van der Waals surface area contributed by atoms with Crippen LogP contribution in [0.15, 0.2) is 23.8 Å². The molecule has 0 saturated heterocycles. The zero-order valence-electron chi connectivity index (χ0n) is 8.12. The van der Waals surface area contributed by atoms with E-state index in [9.17, 15) is 4.79 Å². The average molecular weight is 236 g/mol. The first kappa shape index (κ1) is 10.5. The highest BCUT2D eigenvalue weighted by Gasteiger charge is 2.04. The molecule has 6 nitrogen and oxygen atoms in total. The van der Waals surface area contributed by atoms with Gasteiger partial charge in [0, 0.05) is 11.1 Å². The number of aromatic nitrogens is 3. The standard InChI is InChI=1S/C9H8N4O2S/c14-9(15)7-1-2-8(13-12-7)11-4-6-3-10-5-16-6/h1-3,5H,4H2,(H,11,13)(H,14,15). The fraction of sp³-hybridized carbons (Fsp3) is 0.111. The number of nitrogens with zero attached hydrogens (tertiary/aromatic N) is 3. The summed E-state index contributed by atoms with van der Waals surface area (Å²) in [6.45, 7) is 0.603. The molecule has 16 heavy (non-hydrogen) atoms. The Bertz CT molecular complexity index is 469. The summed E-state index contributed by atoms with van der Waals surface area (Å²) in [7, 11) is 0. The van der Waals surface area contributed by atoms with Gasteiger partial charge < -0.3 is 10.4 Å². The highest BCUT2D eigenvalue weighted by Crippen LogP contribution is 2.08. The number of hydrogen-bond donors (Lipinski definition) is 2. The molecule has 0 unspecified atom stereocenters. The van der Waals surface area contributed by atoms with E-state index >= 15 is 0 Å². The average Bonchev–Trinajstić information content (AvgIpc) is 2.80. The third-order valence-electron chi connectivity index (χ3n) is 1.81. The maximum atomic E-state index is 10.5. The molecule has 0 aliphatic rings. The molecule has 0 spiro atoms. The van der Waals surface area contributed by atoms with Crippen LogP contribution in [0, 0.1) is 0 Å². The Hall–Kier alpha value is -2.02. The van der Waals surface area contributed by atoms with Crippen LogP contribution in [0.1, 0.15) is 15.4 Å². The summed E-state index contributed by atoms with van der Waals surface area (Å²) in [6.07, 6.45) is 1.76. The van der Waals surface area contributed by atoms with Crippen molar-refractivity contribution in [2.45, 2.75) is 6.54 Å². The zero-order valence-corrected chi connectivity index (χ0v) is 8.94. The lowest BCUT2D eigenvalue weighted by atomic mass is 10.4. The van der Waals surface area contributed by atoms with E-state index in [1.807, 2.05) is 0 Å². The number of rotatable bonds is 4. The Labute approximate surface area is 95.0 Å². The number of aromatic carboxylic acids is 1. The Kier molecular flexibility index (Phi) is 3.06. The molecule has 2 rings (SSSR count). The van der Waals surface area contributed by atoms with Gasteiger partial charge in [0.15, 0.2) is 5.69 Å². The first-order valence-electron chi connectivity index (χ1n) is 4.44. The Morgan fingerprint density at radius 3 is 2.88 bits per heavy atom. The van der Waals surface area contributed by atoms with Crippen LogP contribution in [0.3, 0.4) is 0 Å². The van der Waals surface area contributed by atoms with E-state index in [1.165, 1.54) is 17.4 Å². The second kappa shape index (κ2) is 4.67. The SMILES string of the molecule is O=C(O)c1ccc(NCc2cncs2)nn1. The van der Waals surface area contributed by atoms with Gasteiger partial charge >= 0.3 is 5.97 Å². The van der Waals surface area contributed by atoms with Gasteiger partial charge in [-0.3, -0.25) is 4.98 Å². The highest BCUT2D eigenvalue weighted by atomic mass is 32.1.